The molecule has 1 N–H and O–H groups in total. The molecule has 0 aliphatic heterocycles. The van der Waals surface area contributed by atoms with E-state index < -0.39 is 10.4 Å². The van der Waals surface area contributed by atoms with Crippen LogP contribution in [-0.4, -0.2) is 55.7 Å². The van der Waals surface area contributed by atoms with Gasteiger partial charge in [-0.2, -0.15) is 8.42 Å². The molecule has 0 radical (unpaired) electrons. The monoisotopic (exact) mass is 368 g/mol. The second kappa shape index (κ2) is 14.1. The maximum atomic E-state index is 10.5. The van der Waals surface area contributed by atoms with Crippen molar-refractivity contribution in [2.45, 2.75) is 58.3 Å². The SMILES string of the molecule is CCCCCCCCCc1ccccc1OCCOS(=O)(=O)O.[NaH]. The van der Waals surface area contributed by atoms with Crippen molar-refractivity contribution in [2.75, 3.05) is 13.2 Å². The Balaban J connectivity index is 0.00000529. The van der Waals surface area contributed by atoms with Gasteiger partial charge in [-0.15, -0.1) is 0 Å². The van der Waals surface area contributed by atoms with Crippen LogP contribution in [0, 0.1) is 0 Å². The van der Waals surface area contributed by atoms with E-state index in [1.54, 1.807) is 0 Å². The Hall–Kier alpha value is -0.110. The summed E-state index contributed by atoms with van der Waals surface area (Å²) in [5, 5.41) is 0. The van der Waals surface area contributed by atoms with E-state index in [9.17, 15) is 8.42 Å². The van der Waals surface area contributed by atoms with Gasteiger partial charge < -0.3 is 4.74 Å². The van der Waals surface area contributed by atoms with Crippen LogP contribution in [0.2, 0.25) is 0 Å². The predicted octanol–water partition coefficient (Wildman–Crippen LogP) is 3.53. The zero-order valence-corrected chi connectivity index (χ0v) is 14.7. The summed E-state index contributed by atoms with van der Waals surface area (Å²) in [6.07, 6.45) is 9.77. The zero-order chi connectivity index (χ0) is 17.0. The van der Waals surface area contributed by atoms with E-state index in [1.807, 2.05) is 24.3 Å². The molecule has 5 nitrogen and oxygen atoms in total. The fourth-order valence-electron chi connectivity index (χ4n) is 2.41. The minimum atomic E-state index is -4.40. The Morgan fingerprint density at radius 2 is 1.58 bits per heavy atom. The molecule has 0 fully saturated rings. The Morgan fingerprint density at radius 1 is 0.958 bits per heavy atom. The summed E-state index contributed by atoms with van der Waals surface area (Å²) in [5.41, 5.74) is 1.12. The molecule has 1 aromatic rings. The van der Waals surface area contributed by atoms with E-state index in [0.717, 1.165) is 24.2 Å². The summed E-state index contributed by atoms with van der Waals surface area (Å²) in [6.45, 7) is 2.09. The summed E-state index contributed by atoms with van der Waals surface area (Å²) in [7, 11) is -4.40. The third kappa shape index (κ3) is 12.3. The van der Waals surface area contributed by atoms with Crippen molar-refractivity contribution in [2.24, 2.45) is 0 Å². The molecule has 0 atom stereocenters. The van der Waals surface area contributed by atoms with Crippen LogP contribution in [0.1, 0.15) is 57.4 Å². The molecular formula is C17H29NaO5S. The summed E-state index contributed by atoms with van der Waals surface area (Å²) in [6, 6.07) is 7.74. The predicted molar refractivity (Wildman–Crippen MR) is 98.3 cm³/mol. The topological polar surface area (TPSA) is 72.8 Å². The molecule has 0 heterocycles. The summed E-state index contributed by atoms with van der Waals surface area (Å²) in [4.78, 5) is 0. The molecule has 134 valence electrons. The third-order valence-corrected chi connectivity index (χ3v) is 4.06. The number of aryl methyl sites for hydroxylation is 1. The minimum absolute atomic E-state index is 0. The van der Waals surface area contributed by atoms with Gasteiger partial charge in [-0.1, -0.05) is 63.6 Å². The molecule has 0 bridgehead atoms. The molecule has 7 heteroatoms. The maximum absolute atomic E-state index is 10.5. The number of ether oxygens (including phenoxy) is 1. The van der Waals surface area contributed by atoms with Gasteiger partial charge in [-0.25, -0.2) is 4.18 Å². The molecule has 1 rings (SSSR count). The molecule has 0 spiro atoms. The van der Waals surface area contributed by atoms with Crippen molar-refractivity contribution >= 4 is 40.0 Å². The van der Waals surface area contributed by atoms with E-state index in [1.165, 1.54) is 38.5 Å². The van der Waals surface area contributed by atoms with Crippen LogP contribution in [0.3, 0.4) is 0 Å². The van der Waals surface area contributed by atoms with Crippen LogP contribution < -0.4 is 4.74 Å². The summed E-state index contributed by atoms with van der Waals surface area (Å²) >= 11 is 0. The number of hydrogen-bond donors (Lipinski definition) is 1. The number of rotatable bonds is 13. The third-order valence-electron chi connectivity index (χ3n) is 3.60. The van der Waals surface area contributed by atoms with Gasteiger partial charge in [0.05, 0.1) is 0 Å². The van der Waals surface area contributed by atoms with Crippen LogP contribution in [0.25, 0.3) is 0 Å². The second-order valence-electron chi connectivity index (χ2n) is 5.58. The van der Waals surface area contributed by atoms with E-state index >= 15 is 0 Å². The van der Waals surface area contributed by atoms with Gasteiger partial charge >= 0.3 is 40.0 Å². The van der Waals surface area contributed by atoms with Crippen molar-refractivity contribution in [3.8, 4) is 5.75 Å². The summed E-state index contributed by atoms with van der Waals surface area (Å²) < 4.78 is 39.2. The first-order valence-electron chi connectivity index (χ1n) is 8.35. The fraction of sp³-hybridized carbons (Fsp3) is 0.647. The molecule has 0 aromatic heterocycles. The van der Waals surface area contributed by atoms with Gasteiger partial charge in [0.15, 0.2) is 0 Å². The number of para-hydroxylation sites is 1. The van der Waals surface area contributed by atoms with Crippen molar-refractivity contribution in [1.29, 1.82) is 0 Å². The molecule has 0 unspecified atom stereocenters. The zero-order valence-electron chi connectivity index (χ0n) is 13.9. The Morgan fingerprint density at radius 3 is 2.25 bits per heavy atom. The molecule has 0 saturated heterocycles. The first-order chi connectivity index (χ1) is 11.0. The first-order valence-corrected chi connectivity index (χ1v) is 9.72. The van der Waals surface area contributed by atoms with Crippen molar-refractivity contribution in [3.05, 3.63) is 29.8 Å². The van der Waals surface area contributed by atoms with E-state index in [2.05, 4.69) is 11.1 Å². The standard InChI is InChI=1S/C17H28O5S.Na.H/c1-2-3-4-5-6-7-8-11-16-12-9-10-13-17(16)21-14-15-22-23(18,19)20;;/h9-10,12-13H,2-8,11,14-15H2,1H3,(H,18,19,20);;. The van der Waals surface area contributed by atoms with Gasteiger partial charge in [-0.3, -0.25) is 4.55 Å². The van der Waals surface area contributed by atoms with E-state index in [0.29, 0.717) is 0 Å². The molecule has 0 saturated carbocycles. The number of hydrogen-bond acceptors (Lipinski definition) is 4. The van der Waals surface area contributed by atoms with E-state index in [-0.39, 0.29) is 42.8 Å². The number of unbranched alkanes of at least 4 members (excludes halogenated alkanes) is 6. The molecule has 0 amide bonds. The second-order valence-corrected chi connectivity index (χ2v) is 6.67. The first kappa shape index (κ1) is 23.9. The molecule has 0 aliphatic rings. The average molecular weight is 368 g/mol. The van der Waals surface area contributed by atoms with Crippen molar-refractivity contribution in [1.82, 2.24) is 0 Å². The van der Waals surface area contributed by atoms with Crippen molar-refractivity contribution in [3.63, 3.8) is 0 Å². The molecule has 0 aliphatic carbocycles. The van der Waals surface area contributed by atoms with Crippen LogP contribution >= 0.6 is 0 Å². The van der Waals surface area contributed by atoms with Gasteiger partial charge in [0.2, 0.25) is 0 Å². The van der Waals surface area contributed by atoms with Crippen LogP contribution in [0.5, 0.6) is 5.75 Å². The van der Waals surface area contributed by atoms with Gasteiger partial charge in [-0.05, 0) is 24.5 Å². The van der Waals surface area contributed by atoms with Crippen molar-refractivity contribution < 1.29 is 21.9 Å². The Kier molecular flexibility index (Phi) is 14.0. The van der Waals surface area contributed by atoms with Crippen LogP contribution in [-0.2, 0) is 21.0 Å². The molecular weight excluding hydrogens is 339 g/mol. The molecule has 1 aromatic carbocycles. The Bertz CT molecular complexity index is 534. The number of benzene rings is 1. The van der Waals surface area contributed by atoms with Crippen LogP contribution in [0.15, 0.2) is 24.3 Å². The average Bonchev–Trinajstić information content (AvgIpc) is 2.51. The van der Waals surface area contributed by atoms with Gasteiger partial charge in [0, 0.05) is 0 Å². The fourth-order valence-corrected chi connectivity index (χ4v) is 2.69. The summed E-state index contributed by atoms with van der Waals surface area (Å²) in [5.74, 6) is 0.748. The molecule has 24 heavy (non-hydrogen) atoms. The Labute approximate surface area is 168 Å². The van der Waals surface area contributed by atoms with E-state index in [4.69, 9.17) is 9.29 Å². The van der Waals surface area contributed by atoms with Gasteiger partial charge in [0.1, 0.15) is 19.0 Å². The van der Waals surface area contributed by atoms with Crippen LogP contribution in [0.4, 0.5) is 0 Å². The quantitative estimate of drug-likeness (QED) is 0.328. The normalized spacial score (nSPS) is 11.1. The van der Waals surface area contributed by atoms with Gasteiger partial charge in [0.25, 0.3) is 0 Å².